The number of hydrogen-bond donors (Lipinski definition) is 1. The molecule has 0 aromatic carbocycles. The van der Waals surface area contributed by atoms with Crippen molar-refractivity contribution in [3.63, 3.8) is 0 Å². The highest BCUT2D eigenvalue weighted by atomic mass is 16.5. The zero-order valence-corrected chi connectivity index (χ0v) is 16.4. The van der Waals surface area contributed by atoms with E-state index in [1.807, 2.05) is 0 Å². The van der Waals surface area contributed by atoms with Crippen LogP contribution in [0.25, 0.3) is 0 Å². The minimum Gasteiger partial charge on any atom is -0.389 e. The van der Waals surface area contributed by atoms with Gasteiger partial charge >= 0.3 is 0 Å². The van der Waals surface area contributed by atoms with Crippen LogP contribution in [0.1, 0.15) is 51.4 Å². The largest absolute Gasteiger partial charge is 0.389 e. The monoisotopic (exact) mass is 368 g/mol. The fraction of sp³-hybridized carbons (Fsp3) is 0.950. The predicted molar refractivity (Wildman–Crippen MR) is 100.0 cm³/mol. The van der Waals surface area contributed by atoms with Gasteiger partial charge in [-0.1, -0.05) is 19.3 Å². The molecule has 26 heavy (non-hydrogen) atoms. The lowest BCUT2D eigenvalue weighted by Crippen LogP contribution is -2.56. The van der Waals surface area contributed by atoms with Crippen molar-refractivity contribution >= 4 is 5.91 Å². The van der Waals surface area contributed by atoms with E-state index in [1.54, 1.807) is 19.0 Å². The second-order valence-electron chi connectivity index (χ2n) is 8.58. The van der Waals surface area contributed by atoms with Crippen molar-refractivity contribution < 1.29 is 19.4 Å². The molecule has 0 aromatic rings. The lowest BCUT2D eigenvalue weighted by Gasteiger charge is -2.45. The second kappa shape index (κ2) is 9.49. The van der Waals surface area contributed by atoms with E-state index in [1.165, 1.54) is 32.1 Å². The van der Waals surface area contributed by atoms with Gasteiger partial charge in [-0.15, -0.1) is 0 Å². The normalized spacial score (nSPS) is 34.6. The molecule has 0 aromatic heterocycles. The van der Waals surface area contributed by atoms with Gasteiger partial charge < -0.3 is 19.5 Å². The molecule has 3 fully saturated rings. The molecule has 2 heterocycles. The average Bonchev–Trinajstić information content (AvgIpc) is 2.61. The summed E-state index contributed by atoms with van der Waals surface area (Å²) in [6.07, 6.45) is 8.57. The molecule has 3 aliphatic rings. The van der Waals surface area contributed by atoms with Gasteiger partial charge in [-0.2, -0.15) is 0 Å². The Bertz CT molecular complexity index is 453. The lowest BCUT2D eigenvalue weighted by atomic mass is 9.87. The number of hydrogen-bond acceptors (Lipinski definition) is 5. The summed E-state index contributed by atoms with van der Waals surface area (Å²) in [6.45, 7) is 2.61. The highest BCUT2D eigenvalue weighted by Gasteiger charge is 2.38. The first-order chi connectivity index (χ1) is 12.5. The van der Waals surface area contributed by atoms with Crippen LogP contribution in [-0.2, 0) is 14.3 Å². The van der Waals surface area contributed by atoms with E-state index in [0.29, 0.717) is 26.2 Å². The first-order valence-electron chi connectivity index (χ1n) is 10.4. The van der Waals surface area contributed by atoms with Gasteiger partial charge in [0.25, 0.3) is 0 Å². The fourth-order valence-electron chi connectivity index (χ4n) is 4.73. The van der Waals surface area contributed by atoms with Crippen LogP contribution < -0.4 is 0 Å². The van der Waals surface area contributed by atoms with Crippen molar-refractivity contribution in [1.29, 1.82) is 0 Å². The number of ether oxygens (including phenoxy) is 2. The minimum atomic E-state index is -0.424. The topological polar surface area (TPSA) is 62.2 Å². The van der Waals surface area contributed by atoms with Gasteiger partial charge in [0.05, 0.1) is 37.9 Å². The van der Waals surface area contributed by atoms with E-state index >= 15 is 0 Å². The summed E-state index contributed by atoms with van der Waals surface area (Å²) in [7, 11) is 3.58. The molecular weight excluding hydrogens is 332 g/mol. The van der Waals surface area contributed by atoms with Crippen molar-refractivity contribution in [2.24, 2.45) is 5.92 Å². The number of aliphatic hydroxyl groups is 1. The third-order valence-electron chi connectivity index (χ3n) is 6.21. The van der Waals surface area contributed by atoms with Crippen LogP contribution in [0.3, 0.4) is 0 Å². The van der Waals surface area contributed by atoms with E-state index < -0.39 is 6.10 Å². The number of fused-ring (bicyclic) bond motifs is 1. The SMILES string of the molecule is CN(C)C(=O)C[C@H]1CC[C@H]2[C@@H](COC[C@@H](O)CN2CC2CCCCC2)O1. The highest BCUT2D eigenvalue weighted by molar-refractivity contribution is 5.76. The maximum absolute atomic E-state index is 12.0. The molecule has 2 saturated heterocycles. The van der Waals surface area contributed by atoms with Gasteiger partial charge in [0.1, 0.15) is 0 Å². The van der Waals surface area contributed by atoms with Crippen molar-refractivity contribution in [2.45, 2.75) is 75.7 Å². The summed E-state index contributed by atoms with van der Waals surface area (Å²) in [5.74, 6) is 0.861. The number of carbonyl (C=O) groups is 1. The number of rotatable bonds is 4. The van der Waals surface area contributed by atoms with Crippen LogP contribution in [0.2, 0.25) is 0 Å². The Morgan fingerprint density at radius 1 is 1.12 bits per heavy atom. The zero-order chi connectivity index (χ0) is 18.5. The first-order valence-corrected chi connectivity index (χ1v) is 10.4. The third-order valence-corrected chi connectivity index (χ3v) is 6.21. The Labute approximate surface area is 157 Å². The molecule has 0 radical (unpaired) electrons. The third kappa shape index (κ3) is 5.41. The number of aliphatic hydroxyl groups excluding tert-OH is 1. The molecule has 1 saturated carbocycles. The standard InChI is InChI=1S/C20H36N2O4/c1-21(2)20(24)10-17-8-9-18-19(26-17)14-25-13-16(23)12-22(18)11-15-6-4-3-5-7-15/h15-19,23H,3-14H2,1-2H3/t16-,17+,18-,19+/m0/s1. The second-order valence-corrected chi connectivity index (χ2v) is 8.58. The molecule has 6 heteroatoms. The minimum absolute atomic E-state index is 0.000183. The van der Waals surface area contributed by atoms with E-state index in [0.717, 1.165) is 25.3 Å². The van der Waals surface area contributed by atoms with Crippen LogP contribution in [-0.4, -0.2) is 85.6 Å². The Balaban J connectivity index is 1.62. The highest BCUT2D eigenvalue weighted by Crippen LogP contribution is 2.31. The summed E-state index contributed by atoms with van der Waals surface area (Å²) >= 11 is 0. The molecule has 0 bridgehead atoms. The fourth-order valence-corrected chi connectivity index (χ4v) is 4.73. The van der Waals surface area contributed by atoms with Crippen molar-refractivity contribution in [3.05, 3.63) is 0 Å². The maximum atomic E-state index is 12.0. The van der Waals surface area contributed by atoms with Crippen LogP contribution in [0, 0.1) is 5.92 Å². The molecule has 3 rings (SSSR count). The molecule has 1 amide bonds. The number of β-amino-alcohol motifs (C(OH)–C–C–N with tert-alkyl or cyclic N) is 1. The summed E-state index contributed by atoms with van der Waals surface area (Å²) in [5, 5.41) is 10.3. The Morgan fingerprint density at radius 3 is 2.62 bits per heavy atom. The molecule has 6 nitrogen and oxygen atoms in total. The van der Waals surface area contributed by atoms with Gasteiger partial charge in [0.2, 0.25) is 5.91 Å². The molecule has 1 N–H and O–H groups in total. The summed E-state index contributed by atoms with van der Waals surface area (Å²) in [4.78, 5) is 16.1. The maximum Gasteiger partial charge on any atom is 0.224 e. The Kier molecular flexibility index (Phi) is 7.32. The van der Waals surface area contributed by atoms with E-state index in [9.17, 15) is 9.90 Å². The smallest absolute Gasteiger partial charge is 0.224 e. The average molecular weight is 369 g/mol. The molecule has 0 unspecified atom stereocenters. The molecule has 4 atom stereocenters. The van der Waals surface area contributed by atoms with Gasteiger partial charge in [-0.3, -0.25) is 9.69 Å². The summed E-state index contributed by atoms with van der Waals surface area (Å²) < 4.78 is 12.0. The van der Waals surface area contributed by atoms with Gasteiger partial charge in [0.15, 0.2) is 0 Å². The number of amides is 1. The Morgan fingerprint density at radius 2 is 1.88 bits per heavy atom. The van der Waals surface area contributed by atoms with Crippen LogP contribution in [0.4, 0.5) is 0 Å². The number of carbonyl (C=O) groups excluding carboxylic acids is 1. The Hall–Kier alpha value is -0.690. The summed E-state index contributed by atoms with van der Waals surface area (Å²) in [5.41, 5.74) is 0. The molecule has 0 spiro atoms. The van der Waals surface area contributed by atoms with Gasteiger partial charge in [-0.25, -0.2) is 0 Å². The van der Waals surface area contributed by atoms with Crippen LogP contribution in [0.5, 0.6) is 0 Å². The van der Waals surface area contributed by atoms with Crippen molar-refractivity contribution in [3.8, 4) is 0 Å². The number of nitrogens with zero attached hydrogens (tertiary/aromatic N) is 2. The quantitative estimate of drug-likeness (QED) is 0.818. The first kappa shape index (κ1) is 20.1. The molecule has 1 aliphatic carbocycles. The van der Waals surface area contributed by atoms with Gasteiger partial charge in [-0.05, 0) is 31.6 Å². The molecular formula is C20H36N2O4. The van der Waals surface area contributed by atoms with Crippen LogP contribution in [0.15, 0.2) is 0 Å². The molecule has 2 aliphatic heterocycles. The molecule has 150 valence electrons. The van der Waals surface area contributed by atoms with Crippen molar-refractivity contribution in [2.75, 3.05) is 40.4 Å². The van der Waals surface area contributed by atoms with E-state index in [-0.39, 0.29) is 24.2 Å². The zero-order valence-electron chi connectivity index (χ0n) is 16.4. The van der Waals surface area contributed by atoms with Crippen molar-refractivity contribution in [1.82, 2.24) is 9.80 Å². The predicted octanol–water partition coefficient (Wildman–Crippen LogP) is 1.65. The lowest BCUT2D eigenvalue weighted by molar-refractivity contribution is -0.160. The van der Waals surface area contributed by atoms with E-state index in [2.05, 4.69) is 4.90 Å². The van der Waals surface area contributed by atoms with E-state index in [4.69, 9.17) is 9.47 Å². The summed E-state index contributed by atoms with van der Waals surface area (Å²) in [6, 6.07) is 0.289. The van der Waals surface area contributed by atoms with Gasteiger partial charge in [0, 0.05) is 33.2 Å². The van der Waals surface area contributed by atoms with Crippen LogP contribution >= 0.6 is 0 Å².